The lowest BCUT2D eigenvalue weighted by atomic mass is 10.2. The Kier molecular flexibility index (Phi) is 6.03. The molecule has 0 heterocycles. The molecule has 0 saturated heterocycles. The summed E-state index contributed by atoms with van der Waals surface area (Å²) in [6, 6.07) is 15.0. The summed E-state index contributed by atoms with van der Waals surface area (Å²) in [4.78, 5) is 12.5. The van der Waals surface area contributed by atoms with E-state index in [2.05, 4.69) is 5.32 Å². The zero-order valence-electron chi connectivity index (χ0n) is 13.8. The van der Waals surface area contributed by atoms with E-state index >= 15 is 0 Å². The number of hydrogen-bond acceptors (Lipinski definition) is 3. The van der Waals surface area contributed by atoms with Crippen molar-refractivity contribution < 1.29 is 14.3 Å². The number of para-hydroxylation sites is 1. The molecule has 1 N–H and O–H groups in total. The number of rotatable bonds is 7. The maximum absolute atomic E-state index is 12.5. The van der Waals surface area contributed by atoms with Crippen molar-refractivity contribution in [3.05, 3.63) is 54.1 Å². The molecule has 0 aliphatic carbocycles. The molecule has 4 nitrogen and oxygen atoms in total. The maximum atomic E-state index is 12.5. The molecule has 1 amide bonds. The third-order valence-corrected chi connectivity index (χ3v) is 3.44. The van der Waals surface area contributed by atoms with E-state index in [0.29, 0.717) is 18.7 Å². The number of anilines is 1. The summed E-state index contributed by atoms with van der Waals surface area (Å²) in [5, 5.41) is 2.89. The number of ether oxygens (including phenoxy) is 2. The van der Waals surface area contributed by atoms with Gasteiger partial charge in [0.05, 0.1) is 6.61 Å². The summed E-state index contributed by atoms with van der Waals surface area (Å²) >= 11 is 0. The van der Waals surface area contributed by atoms with Crippen LogP contribution in [0.25, 0.3) is 0 Å². The topological polar surface area (TPSA) is 47.6 Å². The van der Waals surface area contributed by atoms with E-state index in [1.807, 2.05) is 69.3 Å². The van der Waals surface area contributed by atoms with Crippen LogP contribution in [0.4, 0.5) is 5.69 Å². The van der Waals surface area contributed by atoms with Crippen molar-refractivity contribution >= 4 is 11.6 Å². The van der Waals surface area contributed by atoms with Crippen molar-refractivity contribution in [2.24, 2.45) is 0 Å². The molecular weight excluding hydrogens is 290 g/mol. The van der Waals surface area contributed by atoms with Gasteiger partial charge in [0.2, 0.25) is 0 Å². The van der Waals surface area contributed by atoms with E-state index in [4.69, 9.17) is 9.47 Å². The molecule has 2 aromatic carbocycles. The second-order valence-electron chi connectivity index (χ2n) is 5.23. The number of hydrogen-bond donors (Lipinski definition) is 1. The average molecular weight is 313 g/mol. The monoisotopic (exact) mass is 313 g/mol. The molecule has 0 radical (unpaired) electrons. The van der Waals surface area contributed by atoms with Gasteiger partial charge in [0.25, 0.3) is 5.91 Å². The fourth-order valence-corrected chi connectivity index (χ4v) is 2.22. The van der Waals surface area contributed by atoms with Crippen LogP contribution in [0.2, 0.25) is 0 Å². The Hall–Kier alpha value is -2.49. The highest BCUT2D eigenvalue weighted by atomic mass is 16.5. The average Bonchev–Trinajstić information content (AvgIpc) is 2.54. The van der Waals surface area contributed by atoms with Gasteiger partial charge in [-0.25, -0.2) is 0 Å². The van der Waals surface area contributed by atoms with Gasteiger partial charge in [-0.2, -0.15) is 0 Å². The van der Waals surface area contributed by atoms with Gasteiger partial charge in [-0.3, -0.25) is 4.79 Å². The molecule has 0 aromatic heterocycles. The quantitative estimate of drug-likeness (QED) is 0.833. The van der Waals surface area contributed by atoms with Crippen LogP contribution in [0, 0.1) is 6.92 Å². The first-order valence-electron chi connectivity index (χ1n) is 7.90. The maximum Gasteiger partial charge on any atom is 0.265 e. The van der Waals surface area contributed by atoms with Crippen molar-refractivity contribution in [1.82, 2.24) is 0 Å². The Balaban J connectivity index is 2.05. The number of nitrogens with one attached hydrogen (secondary N) is 1. The largest absolute Gasteiger partial charge is 0.494 e. The molecule has 0 saturated carbocycles. The van der Waals surface area contributed by atoms with Crippen molar-refractivity contribution in [3.8, 4) is 11.5 Å². The second-order valence-corrected chi connectivity index (χ2v) is 5.23. The van der Waals surface area contributed by atoms with Crippen LogP contribution in [0.3, 0.4) is 0 Å². The van der Waals surface area contributed by atoms with Gasteiger partial charge in [-0.1, -0.05) is 31.2 Å². The van der Waals surface area contributed by atoms with Crippen molar-refractivity contribution in [2.75, 3.05) is 11.9 Å². The molecule has 0 aliphatic rings. The zero-order chi connectivity index (χ0) is 16.7. The highest BCUT2D eigenvalue weighted by Gasteiger charge is 2.19. The van der Waals surface area contributed by atoms with Crippen LogP contribution in [0.15, 0.2) is 48.5 Å². The van der Waals surface area contributed by atoms with Crippen LogP contribution in [-0.4, -0.2) is 18.6 Å². The van der Waals surface area contributed by atoms with E-state index in [0.717, 1.165) is 17.1 Å². The molecule has 23 heavy (non-hydrogen) atoms. The van der Waals surface area contributed by atoms with Gasteiger partial charge in [0.1, 0.15) is 11.5 Å². The van der Waals surface area contributed by atoms with Crippen LogP contribution < -0.4 is 14.8 Å². The Labute approximate surface area is 137 Å². The van der Waals surface area contributed by atoms with Gasteiger partial charge in [-0.05, 0) is 44.0 Å². The Morgan fingerprint density at radius 2 is 1.91 bits per heavy atom. The molecule has 0 bridgehead atoms. The summed E-state index contributed by atoms with van der Waals surface area (Å²) in [6.07, 6.45) is 0.0533. The molecule has 0 spiro atoms. The molecule has 2 rings (SSSR count). The molecule has 2 aromatic rings. The smallest absolute Gasteiger partial charge is 0.265 e. The first-order valence-corrected chi connectivity index (χ1v) is 7.90. The molecule has 0 aliphatic heterocycles. The van der Waals surface area contributed by atoms with Crippen LogP contribution in [0.1, 0.15) is 25.8 Å². The lowest BCUT2D eigenvalue weighted by Gasteiger charge is -2.18. The Morgan fingerprint density at radius 3 is 2.61 bits per heavy atom. The van der Waals surface area contributed by atoms with Crippen molar-refractivity contribution in [3.63, 3.8) is 0 Å². The van der Waals surface area contributed by atoms with Gasteiger partial charge in [0, 0.05) is 11.8 Å². The van der Waals surface area contributed by atoms with Crippen LogP contribution >= 0.6 is 0 Å². The second kappa shape index (κ2) is 8.22. The summed E-state index contributed by atoms with van der Waals surface area (Å²) in [6.45, 7) is 6.41. The molecular formula is C19H23NO3. The van der Waals surface area contributed by atoms with E-state index in [-0.39, 0.29) is 5.91 Å². The first kappa shape index (κ1) is 16.9. The molecule has 0 unspecified atom stereocenters. The number of carbonyl (C=O) groups is 1. The third kappa shape index (κ3) is 4.74. The number of carbonyl (C=O) groups excluding carboxylic acids is 1. The van der Waals surface area contributed by atoms with Gasteiger partial charge < -0.3 is 14.8 Å². The lowest BCUT2D eigenvalue weighted by molar-refractivity contribution is -0.122. The summed E-state index contributed by atoms with van der Waals surface area (Å²) in [5.41, 5.74) is 1.71. The first-order chi connectivity index (χ1) is 11.1. The predicted octanol–water partition coefficient (Wildman–Crippen LogP) is 4.19. The predicted molar refractivity (Wildman–Crippen MR) is 92.1 cm³/mol. The number of amides is 1. The fraction of sp³-hybridized carbons (Fsp3) is 0.316. The normalized spacial score (nSPS) is 11.6. The molecule has 0 fully saturated rings. The summed E-state index contributed by atoms with van der Waals surface area (Å²) in [7, 11) is 0. The van der Waals surface area contributed by atoms with Crippen molar-refractivity contribution in [1.29, 1.82) is 0 Å². The standard InChI is InChI=1S/C19H23NO3/c1-4-17(23-18-12-7-6-9-14(18)3)19(21)20-15-10-8-11-16(13-15)22-5-2/h6-13,17H,4-5H2,1-3H3,(H,20,21)/t17-/m1/s1. The van der Waals surface area contributed by atoms with Gasteiger partial charge in [-0.15, -0.1) is 0 Å². The number of benzene rings is 2. The van der Waals surface area contributed by atoms with Crippen LogP contribution in [-0.2, 0) is 4.79 Å². The summed E-state index contributed by atoms with van der Waals surface area (Å²) < 4.78 is 11.3. The summed E-state index contributed by atoms with van der Waals surface area (Å²) in [5.74, 6) is 1.31. The Bertz CT molecular complexity index is 655. The highest BCUT2D eigenvalue weighted by molar-refractivity contribution is 5.94. The highest BCUT2D eigenvalue weighted by Crippen LogP contribution is 2.21. The van der Waals surface area contributed by atoms with Crippen molar-refractivity contribution in [2.45, 2.75) is 33.3 Å². The molecule has 4 heteroatoms. The van der Waals surface area contributed by atoms with E-state index in [1.165, 1.54) is 0 Å². The van der Waals surface area contributed by atoms with E-state index in [1.54, 1.807) is 0 Å². The van der Waals surface area contributed by atoms with Crippen LogP contribution in [0.5, 0.6) is 11.5 Å². The molecule has 122 valence electrons. The minimum Gasteiger partial charge on any atom is -0.494 e. The van der Waals surface area contributed by atoms with E-state index in [9.17, 15) is 4.79 Å². The zero-order valence-corrected chi connectivity index (χ0v) is 13.8. The lowest BCUT2D eigenvalue weighted by Crippen LogP contribution is -2.32. The fourth-order valence-electron chi connectivity index (χ4n) is 2.22. The van der Waals surface area contributed by atoms with Gasteiger partial charge >= 0.3 is 0 Å². The minimum atomic E-state index is -0.535. The molecule has 1 atom stereocenters. The van der Waals surface area contributed by atoms with Gasteiger partial charge in [0.15, 0.2) is 6.10 Å². The minimum absolute atomic E-state index is 0.163. The Morgan fingerprint density at radius 1 is 1.13 bits per heavy atom. The SMILES string of the molecule is CCOc1cccc(NC(=O)[C@@H](CC)Oc2ccccc2C)c1. The third-order valence-electron chi connectivity index (χ3n) is 3.44. The number of aryl methyl sites for hydroxylation is 1. The van der Waals surface area contributed by atoms with E-state index < -0.39 is 6.10 Å².